The molecule has 3 atom stereocenters. The third-order valence-electron chi connectivity index (χ3n) is 6.06. The fraction of sp³-hybridized carbons (Fsp3) is 0.435. The maximum Gasteiger partial charge on any atom is 0.434 e. The molecule has 1 aliphatic rings. The lowest BCUT2D eigenvalue weighted by Gasteiger charge is -2.42. The van der Waals surface area contributed by atoms with Crippen molar-refractivity contribution < 1.29 is 27.1 Å². The number of pyridine rings is 1. The number of carbonyl (C=O) groups excluding carboxylic acids is 1. The van der Waals surface area contributed by atoms with Gasteiger partial charge in [-0.25, -0.2) is 14.4 Å². The van der Waals surface area contributed by atoms with Crippen molar-refractivity contribution in [3.63, 3.8) is 0 Å². The van der Waals surface area contributed by atoms with Crippen LogP contribution in [0.4, 0.5) is 23.4 Å². The van der Waals surface area contributed by atoms with Crippen molar-refractivity contribution in [1.82, 2.24) is 29.6 Å². The maximum absolute atomic E-state index is 13.8. The first-order valence-corrected chi connectivity index (χ1v) is 11.2. The number of aryl methyl sites for hydroxylation is 1. The molecule has 0 saturated carbocycles. The zero-order chi connectivity index (χ0) is 26.2. The first-order valence-electron chi connectivity index (χ1n) is 11.2. The summed E-state index contributed by atoms with van der Waals surface area (Å²) >= 11 is 0. The van der Waals surface area contributed by atoms with Gasteiger partial charge in [0.25, 0.3) is 5.91 Å². The summed E-state index contributed by atoms with van der Waals surface area (Å²) in [5, 5.41) is 7.37. The molecule has 4 heterocycles. The van der Waals surface area contributed by atoms with E-state index in [2.05, 4.69) is 25.4 Å². The Morgan fingerprint density at radius 1 is 1.17 bits per heavy atom. The Morgan fingerprint density at radius 3 is 2.53 bits per heavy atom. The number of morpholine rings is 1. The predicted molar refractivity (Wildman–Crippen MR) is 121 cm³/mol. The van der Waals surface area contributed by atoms with Crippen molar-refractivity contribution in [2.45, 2.75) is 45.2 Å². The van der Waals surface area contributed by atoms with Crippen molar-refractivity contribution in [3.05, 3.63) is 53.6 Å². The molecule has 0 unspecified atom stereocenters. The van der Waals surface area contributed by atoms with Crippen LogP contribution in [0.15, 0.2) is 30.7 Å². The fourth-order valence-corrected chi connectivity index (χ4v) is 4.17. The second-order valence-corrected chi connectivity index (χ2v) is 8.64. The summed E-state index contributed by atoms with van der Waals surface area (Å²) in [6.07, 6.45) is -2.53. The molecule has 192 valence electrons. The van der Waals surface area contributed by atoms with E-state index in [1.807, 2.05) is 13.8 Å². The van der Waals surface area contributed by atoms with Gasteiger partial charge in [-0.2, -0.15) is 18.3 Å². The van der Waals surface area contributed by atoms with Crippen molar-refractivity contribution in [2.24, 2.45) is 7.05 Å². The molecule has 1 saturated heterocycles. The van der Waals surface area contributed by atoms with E-state index in [9.17, 15) is 22.4 Å². The lowest BCUT2D eigenvalue weighted by molar-refractivity contribution is -0.141. The van der Waals surface area contributed by atoms with Crippen LogP contribution in [-0.2, 0) is 18.0 Å². The van der Waals surface area contributed by atoms with E-state index >= 15 is 0 Å². The van der Waals surface area contributed by atoms with Gasteiger partial charge in [0.05, 0.1) is 48.1 Å². The molecule has 1 N–H and O–H groups in total. The standard InChI is InChI=1S/C23H25F4N7O2/c1-12-11-34(17(14(3)36-12)8-30-19-10-29-18(9-31-19)23(25,26)27)22(35)21-20(13(2)33(4)32-21)16-6-5-15(24)7-28-16/h5-7,9-10,12,14,17H,8,11H2,1-4H3,(H,30,31)/t12-,14+,17-/m1/s1. The lowest BCUT2D eigenvalue weighted by Crippen LogP contribution is -2.58. The molecule has 0 bridgehead atoms. The van der Waals surface area contributed by atoms with E-state index in [-0.39, 0.29) is 36.6 Å². The van der Waals surface area contributed by atoms with Gasteiger partial charge in [-0.15, -0.1) is 0 Å². The molecule has 0 aliphatic carbocycles. The molecule has 0 aromatic carbocycles. The van der Waals surface area contributed by atoms with E-state index < -0.39 is 29.8 Å². The van der Waals surface area contributed by atoms with Gasteiger partial charge in [0.1, 0.15) is 11.6 Å². The monoisotopic (exact) mass is 507 g/mol. The van der Waals surface area contributed by atoms with Crippen molar-refractivity contribution >= 4 is 11.7 Å². The number of aromatic nitrogens is 5. The Labute approximate surface area is 204 Å². The Bertz CT molecular complexity index is 1230. The van der Waals surface area contributed by atoms with Crippen LogP contribution in [0.5, 0.6) is 0 Å². The zero-order valence-electron chi connectivity index (χ0n) is 20.0. The molecule has 1 aliphatic heterocycles. The number of carbonyl (C=O) groups is 1. The van der Waals surface area contributed by atoms with Gasteiger partial charge < -0.3 is 15.0 Å². The molecule has 1 fully saturated rings. The second-order valence-electron chi connectivity index (χ2n) is 8.64. The molecule has 4 rings (SSSR count). The van der Waals surface area contributed by atoms with Crippen LogP contribution in [0, 0.1) is 12.7 Å². The van der Waals surface area contributed by atoms with Crippen LogP contribution >= 0.6 is 0 Å². The van der Waals surface area contributed by atoms with Crippen LogP contribution in [-0.4, -0.2) is 66.9 Å². The number of nitrogens with one attached hydrogen (secondary N) is 1. The van der Waals surface area contributed by atoms with E-state index in [1.165, 1.54) is 12.1 Å². The normalized spacial score (nSPS) is 20.4. The van der Waals surface area contributed by atoms with E-state index in [4.69, 9.17) is 4.74 Å². The maximum atomic E-state index is 13.8. The third kappa shape index (κ3) is 5.15. The smallest absolute Gasteiger partial charge is 0.372 e. The minimum atomic E-state index is -4.59. The van der Waals surface area contributed by atoms with E-state index in [0.717, 1.165) is 12.4 Å². The Hall–Kier alpha value is -3.61. The third-order valence-corrected chi connectivity index (χ3v) is 6.06. The highest BCUT2D eigenvalue weighted by molar-refractivity contribution is 5.99. The highest BCUT2D eigenvalue weighted by atomic mass is 19.4. The molecule has 3 aromatic rings. The number of amides is 1. The van der Waals surface area contributed by atoms with Crippen LogP contribution in [0.1, 0.15) is 35.7 Å². The lowest BCUT2D eigenvalue weighted by atomic mass is 10.0. The van der Waals surface area contributed by atoms with Crippen LogP contribution in [0.2, 0.25) is 0 Å². The van der Waals surface area contributed by atoms with Crippen LogP contribution in [0.25, 0.3) is 11.3 Å². The second kappa shape index (κ2) is 9.80. The molecule has 1 amide bonds. The number of hydrogen-bond acceptors (Lipinski definition) is 7. The average Bonchev–Trinajstić information content (AvgIpc) is 3.12. The van der Waals surface area contributed by atoms with E-state index in [0.29, 0.717) is 23.1 Å². The number of alkyl halides is 3. The summed E-state index contributed by atoms with van der Waals surface area (Å²) in [5.74, 6) is -0.736. The van der Waals surface area contributed by atoms with Gasteiger partial charge in [0.2, 0.25) is 0 Å². The number of hydrogen-bond donors (Lipinski definition) is 1. The summed E-state index contributed by atoms with van der Waals surface area (Å²) in [5.41, 5.74) is 0.653. The number of anilines is 1. The molecule has 36 heavy (non-hydrogen) atoms. The van der Waals surface area contributed by atoms with Crippen LogP contribution < -0.4 is 5.32 Å². The highest BCUT2D eigenvalue weighted by Crippen LogP contribution is 2.30. The zero-order valence-corrected chi connectivity index (χ0v) is 20.0. The summed E-state index contributed by atoms with van der Waals surface area (Å²) in [7, 11) is 1.70. The Morgan fingerprint density at radius 2 is 1.92 bits per heavy atom. The molecule has 0 spiro atoms. The predicted octanol–water partition coefficient (Wildman–Crippen LogP) is 3.47. The summed E-state index contributed by atoms with van der Waals surface area (Å²) < 4.78 is 59.3. The van der Waals surface area contributed by atoms with Gasteiger partial charge in [-0.3, -0.25) is 14.5 Å². The summed E-state index contributed by atoms with van der Waals surface area (Å²) in [6.45, 7) is 5.85. The molecular weight excluding hydrogens is 482 g/mol. The van der Waals surface area contributed by atoms with Gasteiger partial charge in [-0.1, -0.05) is 0 Å². The Balaban J connectivity index is 1.61. The van der Waals surface area contributed by atoms with E-state index in [1.54, 1.807) is 23.6 Å². The highest BCUT2D eigenvalue weighted by Gasteiger charge is 2.38. The minimum absolute atomic E-state index is 0.131. The molecule has 13 heteroatoms. The molecular formula is C23H25F4N7O2. The fourth-order valence-electron chi connectivity index (χ4n) is 4.17. The first kappa shape index (κ1) is 25.5. The van der Waals surface area contributed by atoms with Gasteiger partial charge in [0.15, 0.2) is 11.4 Å². The number of halogens is 4. The summed E-state index contributed by atoms with van der Waals surface area (Å²) in [6, 6.07) is 2.26. The van der Waals surface area contributed by atoms with Crippen molar-refractivity contribution in [1.29, 1.82) is 0 Å². The molecule has 9 nitrogen and oxygen atoms in total. The minimum Gasteiger partial charge on any atom is -0.372 e. The number of nitrogens with zero attached hydrogens (tertiary/aromatic N) is 6. The Kier molecular flexibility index (Phi) is 6.94. The topological polar surface area (TPSA) is 98.1 Å². The molecule has 0 radical (unpaired) electrons. The largest absolute Gasteiger partial charge is 0.434 e. The van der Waals surface area contributed by atoms with Crippen LogP contribution in [0.3, 0.4) is 0 Å². The van der Waals surface area contributed by atoms with Gasteiger partial charge in [-0.05, 0) is 32.9 Å². The van der Waals surface area contributed by atoms with Gasteiger partial charge in [0, 0.05) is 25.8 Å². The summed E-state index contributed by atoms with van der Waals surface area (Å²) in [4.78, 5) is 26.7. The van der Waals surface area contributed by atoms with Crippen molar-refractivity contribution in [2.75, 3.05) is 18.4 Å². The SMILES string of the molecule is Cc1c(-c2ccc(F)cn2)c(C(=O)N2C[C@@H](C)O[C@@H](C)[C@H]2CNc2cnc(C(F)(F)F)cn2)nn1C. The molecule has 3 aromatic heterocycles. The van der Waals surface area contributed by atoms with Gasteiger partial charge >= 0.3 is 6.18 Å². The number of ether oxygens (including phenoxy) is 1. The van der Waals surface area contributed by atoms with Crippen molar-refractivity contribution in [3.8, 4) is 11.3 Å². The number of rotatable bonds is 5. The average molecular weight is 507 g/mol. The first-order chi connectivity index (χ1) is 17.0. The quantitative estimate of drug-likeness (QED) is 0.528.